The van der Waals surface area contributed by atoms with E-state index in [9.17, 15) is 9.59 Å². The second-order valence-electron chi connectivity index (χ2n) is 6.80. The minimum absolute atomic E-state index is 0.0283. The van der Waals surface area contributed by atoms with Crippen molar-refractivity contribution in [2.24, 2.45) is 0 Å². The smallest absolute Gasteiger partial charge is 0.289 e. The van der Waals surface area contributed by atoms with Crippen LogP contribution in [0.15, 0.2) is 57.3 Å². The third-order valence-corrected chi connectivity index (χ3v) is 5.71. The topological polar surface area (TPSA) is 75.9 Å². The number of hydrogen-bond acceptors (Lipinski definition) is 7. The van der Waals surface area contributed by atoms with Crippen LogP contribution in [0.2, 0.25) is 0 Å². The lowest BCUT2D eigenvalue weighted by atomic mass is 10.2. The van der Waals surface area contributed by atoms with Crippen molar-refractivity contribution in [1.82, 2.24) is 9.88 Å². The maximum Gasteiger partial charge on any atom is 0.289 e. The van der Waals surface area contributed by atoms with Gasteiger partial charge in [0.15, 0.2) is 10.9 Å². The molecule has 1 aliphatic rings. The minimum atomic E-state index is -0.368. The Labute approximate surface area is 172 Å². The molecule has 8 heteroatoms. The van der Waals surface area contributed by atoms with E-state index in [0.717, 1.165) is 16.4 Å². The Kier molecular flexibility index (Phi) is 5.62. The van der Waals surface area contributed by atoms with Gasteiger partial charge in [0.2, 0.25) is 11.2 Å². The maximum atomic E-state index is 12.7. The number of piperazine rings is 1. The number of ether oxygens (including phenoxy) is 1. The summed E-state index contributed by atoms with van der Waals surface area (Å²) in [5.41, 5.74) is 1.58. The van der Waals surface area contributed by atoms with Crippen LogP contribution in [0, 0.1) is 6.92 Å². The number of hydrogen-bond donors (Lipinski definition) is 0. The van der Waals surface area contributed by atoms with Crippen LogP contribution in [-0.4, -0.2) is 42.0 Å². The van der Waals surface area contributed by atoms with Crippen molar-refractivity contribution in [3.05, 3.63) is 75.3 Å². The lowest BCUT2D eigenvalue weighted by molar-refractivity contribution is 0.0711. The highest BCUT2D eigenvalue weighted by atomic mass is 32.1. The predicted octanol–water partition coefficient (Wildman–Crippen LogP) is 2.95. The number of rotatable bonds is 5. The summed E-state index contributed by atoms with van der Waals surface area (Å²) in [6.07, 6.45) is 1.22. The van der Waals surface area contributed by atoms with E-state index in [1.165, 1.54) is 12.3 Å². The quantitative estimate of drug-likeness (QED) is 0.643. The van der Waals surface area contributed by atoms with Gasteiger partial charge in [-0.05, 0) is 12.5 Å². The van der Waals surface area contributed by atoms with Gasteiger partial charge in [0.05, 0.1) is 5.69 Å². The molecule has 0 atom stereocenters. The van der Waals surface area contributed by atoms with Gasteiger partial charge < -0.3 is 19.0 Å². The highest BCUT2D eigenvalue weighted by molar-refractivity contribution is 7.13. The van der Waals surface area contributed by atoms with E-state index in [-0.39, 0.29) is 29.5 Å². The van der Waals surface area contributed by atoms with Crippen molar-refractivity contribution in [3.8, 4) is 5.75 Å². The van der Waals surface area contributed by atoms with Crippen molar-refractivity contribution in [3.63, 3.8) is 0 Å². The molecule has 150 valence electrons. The van der Waals surface area contributed by atoms with Crippen LogP contribution in [0.25, 0.3) is 0 Å². The molecule has 0 bridgehead atoms. The molecule has 3 aromatic rings. The molecule has 0 radical (unpaired) electrons. The predicted molar refractivity (Wildman–Crippen MR) is 111 cm³/mol. The van der Waals surface area contributed by atoms with Crippen molar-refractivity contribution >= 4 is 22.4 Å². The minimum Gasteiger partial charge on any atom is -0.482 e. The number of aromatic nitrogens is 1. The summed E-state index contributed by atoms with van der Waals surface area (Å²) < 4.78 is 10.9. The molecule has 0 spiro atoms. The van der Waals surface area contributed by atoms with Gasteiger partial charge in [-0.25, -0.2) is 4.98 Å². The third-order valence-electron chi connectivity index (χ3n) is 4.69. The number of nitrogens with zero attached hydrogens (tertiary/aromatic N) is 3. The zero-order valence-electron chi connectivity index (χ0n) is 16.0. The zero-order chi connectivity index (χ0) is 20.2. The van der Waals surface area contributed by atoms with Crippen molar-refractivity contribution in [2.75, 3.05) is 31.1 Å². The largest absolute Gasteiger partial charge is 0.482 e. The zero-order valence-corrected chi connectivity index (χ0v) is 16.9. The number of carbonyl (C=O) groups excluding carboxylic acids is 1. The van der Waals surface area contributed by atoms with Crippen molar-refractivity contribution in [1.29, 1.82) is 0 Å². The molecule has 1 fully saturated rings. The molecule has 29 heavy (non-hydrogen) atoms. The Morgan fingerprint density at radius 1 is 1.21 bits per heavy atom. The molecule has 3 heterocycles. The van der Waals surface area contributed by atoms with E-state index < -0.39 is 0 Å². The molecule has 0 unspecified atom stereocenters. The number of carbonyl (C=O) groups is 1. The van der Waals surface area contributed by atoms with Gasteiger partial charge >= 0.3 is 0 Å². The molecule has 1 aliphatic heterocycles. The number of amides is 1. The second-order valence-corrected chi connectivity index (χ2v) is 7.63. The van der Waals surface area contributed by atoms with Crippen LogP contribution in [-0.2, 0) is 6.61 Å². The fourth-order valence-corrected chi connectivity index (χ4v) is 3.95. The summed E-state index contributed by atoms with van der Waals surface area (Å²) >= 11 is 1.61. The van der Waals surface area contributed by atoms with Gasteiger partial charge in [-0.1, -0.05) is 30.3 Å². The highest BCUT2D eigenvalue weighted by Gasteiger charge is 2.25. The highest BCUT2D eigenvalue weighted by Crippen LogP contribution is 2.22. The SMILES string of the molecule is Cc1csc(N2CCN(C(=O)c3cc(=O)c(OCc4ccccc4)co3)CC2)n1. The lowest BCUT2D eigenvalue weighted by Gasteiger charge is -2.34. The van der Waals surface area contributed by atoms with Crippen LogP contribution in [0.5, 0.6) is 5.75 Å². The van der Waals surface area contributed by atoms with E-state index in [4.69, 9.17) is 9.15 Å². The molecule has 2 aromatic heterocycles. The van der Waals surface area contributed by atoms with Crippen molar-refractivity contribution < 1.29 is 13.9 Å². The fraction of sp³-hybridized carbons (Fsp3) is 0.286. The molecular formula is C21H21N3O4S. The van der Waals surface area contributed by atoms with Gasteiger partial charge in [-0.15, -0.1) is 11.3 Å². The lowest BCUT2D eigenvalue weighted by Crippen LogP contribution is -2.48. The van der Waals surface area contributed by atoms with Crippen LogP contribution in [0.4, 0.5) is 5.13 Å². The summed E-state index contributed by atoms with van der Waals surface area (Å²) in [7, 11) is 0. The van der Waals surface area contributed by atoms with E-state index in [1.54, 1.807) is 16.2 Å². The molecule has 0 aliphatic carbocycles. The molecular weight excluding hydrogens is 390 g/mol. The maximum absolute atomic E-state index is 12.7. The standard InChI is InChI=1S/C21H21N3O4S/c1-15-14-29-21(22-15)24-9-7-23(8-10-24)20(26)18-11-17(25)19(13-28-18)27-12-16-5-3-2-4-6-16/h2-6,11,13-14H,7-10,12H2,1H3. The summed E-state index contributed by atoms with van der Waals surface area (Å²) in [5, 5.41) is 2.99. The van der Waals surface area contributed by atoms with Gasteiger partial charge in [-0.2, -0.15) is 0 Å². The first-order chi connectivity index (χ1) is 14.1. The second kappa shape index (κ2) is 8.48. The van der Waals surface area contributed by atoms with Crippen LogP contribution >= 0.6 is 11.3 Å². The molecule has 4 rings (SSSR count). The molecule has 0 N–H and O–H groups in total. The van der Waals surface area contributed by atoms with Crippen LogP contribution in [0.1, 0.15) is 21.8 Å². The van der Waals surface area contributed by atoms with Crippen LogP contribution in [0.3, 0.4) is 0 Å². The molecule has 1 aromatic carbocycles. The fourth-order valence-electron chi connectivity index (χ4n) is 3.10. The summed E-state index contributed by atoms with van der Waals surface area (Å²) in [6.45, 7) is 4.72. The summed E-state index contributed by atoms with van der Waals surface area (Å²) in [4.78, 5) is 33.4. The molecule has 1 amide bonds. The number of benzene rings is 1. The first-order valence-corrected chi connectivity index (χ1v) is 10.2. The van der Waals surface area contributed by atoms with E-state index in [1.807, 2.05) is 42.6 Å². The number of aryl methyl sites for hydroxylation is 1. The van der Waals surface area contributed by atoms with E-state index in [0.29, 0.717) is 26.2 Å². The van der Waals surface area contributed by atoms with E-state index in [2.05, 4.69) is 9.88 Å². The average molecular weight is 411 g/mol. The Bertz CT molecular complexity index is 1040. The summed E-state index contributed by atoms with van der Waals surface area (Å²) in [6, 6.07) is 10.7. The molecule has 1 saturated heterocycles. The Morgan fingerprint density at radius 2 is 1.97 bits per heavy atom. The van der Waals surface area contributed by atoms with Crippen molar-refractivity contribution in [2.45, 2.75) is 13.5 Å². The first kappa shape index (κ1) is 19.2. The van der Waals surface area contributed by atoms with Crippen LogP contribution < -0.4 is 15.1 Å². The van der Waals surface area contributed by atoms with E-state index >= 15 is 0 Å². The number of thiazole rings is 1. The Balaban J connectivity index is 1.36. The summed E-state index contributed by atoms with van der Waals surface area (Å²) in [5.74, 6) is -0.165. The van der Waals surface area contributed by atoms with Gasteiger partial charge in [-0.3, -0.25) is 9.59 Å². The number of anilines is 1. The molecule has 0 saturated carbocycles. The first-order valence-electron chi connectivity index (χ1n) is 9.36. The van der Waals surface area contributed by atoms with Gasteiger partial charge in [0.25, 0.3) is 5.91 Å². The third kappa shape index (κ3) is 4.48. The Hall–Kier alpha value is -3.13. The Morgan fingerprint density at radius 3 is 2.62 bits per heavy atom. The van der Waals surface area contributed by atoms with Gasteiger partial charge in [0, 0.05) is 37.6 Å². The average Bonchev–Trinajstić information content (AvgIpc) is 3.19. The van der Waals surface area contributed by atoms with Gasteiger partial charge in [0.1, 0.15) is 12.9 Å². The monoisotopic (exact) mass is 411 g/mol. The normalized spacial score (nSPS) is 14.1. The molecule has 7 nitrogen and oxygen atoms in total.